The largest absolute Gasteiger partial charge is 0.445 e. The van der Waals surface area contributed by atoms with Gasteiger partial charge in [-0.1, -0.05) is 71.7 Å². The first-order valence-electron chi connectivity index (χ1n) is 11.2. The summed E-state index contributed by atoms with van der Waals surface area (Å²) in [7, 11) is 0. The molecule has 0 aliphatic carbocycles. The molecule has 37 heavy (non-hydrogen) atoms. The van der Waals surface area contributed by atoms with Crippen LogP contribution in [-0.4, -0.2) is 23.6 Å². The Morgan fingerprint density at radius 3 is 2.08 bits per heavy atom. The second-order valence-corrected chi connectivity index (χ2v) is 9.13. The van der Waals surface area contributed by atoms with Crippen molar-refractivity contribution >= 4 is 52.5 Å². The number of benzene rings is 4. The standard InChI is InChI=1S/C29H17Cl2NO5/c30-20-12-9-18(10-13-20)26(25(33)17-5-2-1-3-6-17)37-29(36)19-11-14-23-24(15-19)28(35)32(27(23)34)22-8-4-7-21(31)16-22/h1-16,26H/t26-/m1/s1. The maximum atomic E-state index is 13.3. The molecule has 4 aromatic rings. The third-order valence-corrected chi connectivity index (χ3v) is 6.37. The van der Waals surface area contributed by atoms with Crippen molar-refractivity contribution in [2.45, 2.75) is 6.10 Å². The summed E-state index contributed by atoms with van der Waals surface area (Å²) in [5.74, 6) is -2.36. The Bertz CT molecular complexity index is 1550. The molecular weight excluding hydrogens is 513 g/mol. The number of esters is 1. The van der Waals surface area contributed by atoms with E-state index in [1.54, 1.807) is 72.8 Å². The molecule has 1 aliphatic rings. The van der Waals surface area contributed by atoms with Crippen LogP contribution in [0.1, 0.15) is 53.1 Å². The zero-order valence-corrected chi connectivity index (χ0v) is 20.6. The van der Waals surface area contributed by atoms with Crippen molar-refractivity contribution in [2.24, 2.45) is 0 Å². The predicted octanol–water partition coefficient (Wildman–Crippen LogP) is 6.58. The number of carbonyl (C=O) groups is 4. The normalized spacial score (nSPS) is 13.3. The molecule has 0 saturated carbocycles. The molecule has 0 fully saturated rings. The molecule has 0 unspecified atom stereocenters. The summed E-state index contributed by atoms with van der Waals surface area (Å²) in [5, 5.41) is 0.835. The summed E-state index contributed by atoms with van der Waals surface area (Å²) in [6.07, 6.45) is -1.25. The fraction of sp³-hybridized carbons (Fsp3) is 0.0345. The highest BCUT2D eigenvalue weighted by Crippen LogP contribution is 2.31. The lowest BCUT2D eigenvalue weighted by atomic mass is 9.99. The van der Waals surface area contributed by atoms with Gasteiger partial charge in [0.1, 0.15) is 0 Å². The fourth-order valence-corrected chi connectivity index (χ4v) is 4.37. The molecule has 5 rings (SSSR count). The maximum absolute atomic E-state index is 13.3. The van der Waals surface area contributed by atoms with Crippen LogP contribution in [0.4, 0.5) is 5.69 Å². The number of hydrogen-bond acceptors (Lipinski definition) is 5. The minimum atomic E-state index is -1.25. The van der Waals surface area contributed by atoms with Crippen molar-refractivity contribution in [1.29, 1.82) is 0 Å². The van der Waals surface area contributed by atoms with Gasteiger partial charge in [0.05, 0.1) is 22.4 Å². The number of rotatable bonds is 6. The van der Waals surface area contributed by atoms with Gasteiger partial charge in [-0.2, -0.15) is 0 Å². The molecule has 0 saturated heterocycles. The highest BCUT2D eigenvalue weighted by molar-refractivity contribution is 6.35. The number of fused-ring (bicyclic) bond motifs is 1. The first-order chi connectivity index (χ1) is 17.8. The SMILES string of the molecule is O=C(O[C@@H](C(=O)c1ccccc1)c1ccc(Cl)cc1)c1ccc2c(c1)C(=O)N(c1cccc(Cl)c1)C2=O. The van der Waals surface area contributed by atoms with Gasteiger partial charge in [0.2, 0.25) is 5.78 Å². The summed E-state index contributed by atoms with van der Waals surface area (Å²) in [6, 6.07) is 25.3. The number of Topliss-reactive ketones (excluding diaryl/α,β-unsaturated/α-hetero) is 1. The van der Waals surface area contributed by atoms with Gasteiger partial charge in [-0.3, -0.25) is 14.4 Å². The maximum Gasteiger partial charge on any atom is 0.339 e. The summed E-state index contributed by atoms with van der Waals surface area (Å²) in [6.45, 7) is 0. The lowest BCUT2D eigenvalue weighted by Crippen LogP contribution is -2.29. The van der Waals surface area contributed by atoms with Gasteiger partial charge in [0.25, 0.3) is 11.8 Å². The smallest absolute Gasteiger partial charge is 0.339 e. The molecule has 1 atom stereocenters. The lowest BCUT2D eigenvalue weighted by Gasteiger charge is -2.18. The molecule has 0 bridgehead atoms. The van der Waals surface area contributed by atoms with E-state index < -0.39 is 29.7 Å². The monoisotopic (exact) mass is 529 g/mol. The topological polar surface area (TPSA) is 80.8 Å². The quantitative estimate of drug-likeness (QED) is 0.160. The molecule has 4 aromatic carbocycles. The Hall–Kier alpha value is -4.26. The number of amides is 2. The van der Waals surface area contributed by atoms with Gasteiger partial charge < -0.3 is 4.74 Å². The van der Waals surface area contributed by atoms with Crippen molar-refractivity contribution < 1.29 is 23.9 Å². The van der Waals surface area contributed by atoms with Crippen LogP contribution in [0, 0.1) is 0 Å². The van der Waals surface area contributed by atoms with E-state index >= 15 is 0 Å². The van der Waals surface area contributed by atoms with Crippen LogP contribution >= 0.6 is 23.2 Å². The fourth-order valence-electron chi connectivity index (χ4n) is 4.06. The molecule has 0 N–H and O–H groups in total. The van der Waals surface area contributed by atoms with Gasteiger partial charge in [0, 0.05) is 21.2 Å². The zero-order valence-electron chi connectivity index (χ0n) is 19.1. The van der Waals surface area contributed by atoms with Crippen LogP contribution in [0.3, 0.4) is 0 Å². The van der Waals surface area contributed by atoms with E-state index in [4.69, 9.17) is 27.9 Å². The van der Waals surface area contributed by atoms with Gasteiger partial charge in [-0.05, 0) is 48.5 Å². The Labute approximate surface area is 222 Å². The molecule has 182 valence electrons. The van der Waals surface area contributed by atoms with Gasteiger partial charge in [-0.25, -0.2) is 9.69 Å². The Kier molecular flexibility index (Phi) is 6.61. The van der Waals surface area contributed by atoms with E-state index in [-0.39, 0.29) is 16.7 Å². The first-order valence-corrected chi connectivity index (χ1v) is 11.9. The molecule has 8 heteroatoms. The van der Waals surface area contributed by atoms with Crippen molar-refractivity contribution in [1.82, 2.24) is 0 Å². The molecule has 0 radical (unpaired) electrons. The first kappa shape index (κ1) is 24.4. The molecule has 6 nitrogen and oxygen atoms in total. The molecule has 2 amide bonds. The Morgan fingerprint density at radius 2 is 1.38 bits per heavy atom. The Balaban J connectivity index is 1.45. The van der Waals surface area contributed by atoms with Gasteiger partial charge in [-0.15, -0.1) is 0 Å². The zero-order chi connectivity index (χ0) is 26.1. The second-order valence-electron chi connectivity index (χ2n) is 8.25. The Morgan fingerprint density at radius 1 is 0.676 bits per heavy atom. The van der Waals surface area contributed by atoms with Crippen LogP contribution < -0.4 is 4.90 Å². The van der Waals surface area contributed by atoms with Crippen LogP contribution in [0.2, 0.25) is 10.0 Å². The summed E-state index contributed by atoms with van der Waals surface area (Å²) >= 11 is 12.0. The molecule has 1 heterocycles. The number of ether oxygens (including phenoxy) is 1. The number of anilines is 1. The van der Waals surface area contributed by atoms with Crippen LogP contribution in [-0.2, 0) is 4.74 Å². The minimum Gasteiger partial charge on any atom is -0.445 e. The summed E-state index contributed by atoms with van der Waals surface area (Å²) < 4.78 is 5.67. The van der Waals surface area contributed by atoms with Crippen LogP contribution in [0.25, 0.3) is 0 Å². The number of halogens is 2. The van der Waals surface area contributed by atoms with Crippen LogP contribution in [0.15, 0.2) is 97.1 Å². The second kappa shape index (κ2) is 10.0. The average molecular weight is 530 g/mol. The van der Waals surface area contributed by atoms with E-state index in [2.05, 4.69) is 0 Å². The third kappa shape index (κ3) is 4.77. The predicted molar refractivity (Wildman–Crippen MR) is 139 cm³/mol. The van der Waals surface area contributed by atoms with E-state index in [9.17, 15) is 19.2 Å². The van der Waals surface area contributed by atoms with Crippen LogP contribution in [0.5, 0.6) is 0 Å². The lowest BCUT2D eigenvalue weighted by molar-refractivity contribution is 0.0280. The van der Waals surface area contributed by atoms with E-state index in [1.807, 2.05) is 0 Å². The number of imide groups is 1. The summed E-state index contributed by atoms with van der Waals surface area (Å²) in [4.78, 5) is 53.5. The number of carbonyl (C=O) groups excluding carboxylic acids is 4. The number of nitrogens with zero attached hydrogens (tertiary/aromatic N) is 1. The third-order valence-electron chi connectivity index (χ3n) is 5.88. The van der Waals surface area contributed by atoms with Crippen molar-refractivity contribution in [3.05, 3.63) is 135 Å². The van der Waals surface area contributed by atoms with Gasteiger partial charge in [0.15, 0.2) is 6.10 Å². The van der Waals surface area contributed by atoms with Crippen molar-refractivity contribution in [2.75, 3.05) is 4.90 Å². The summed E-state index contributed by atoms with van der Waals surface area (Å²) in [5.41, 5.74) is 1.34. The number of hydrogen-bond donors (Lipinski definition) is 0. The molecule has 0 aromatic heterocycles. The average Bonchev–Trinajstić information content (AvgIpc) is 3.17. The molecule has 1 aliphatic heterocycles. The molecular formula is C29H17Cl2NO5. The van der Waals surface area contributed by atoms with Crippen molar-refractivity contribution in [3.63, 3.8) is 0 Å². The number of ketones is 1. The molecule has 0 spiro atoms. The van der Waals surface area contributed by atoms with Crippen molar-refractivity contribution in [3.8, 4) is 0 Å². The van der Waals surface area contributed by atoms with E-state index in [0.29, 0.717) is 26.9 Å². The van der Waals surface area contributed by atoms with E-state index in [0.717, 1.165) is 4.90 Å². The highest BCUT2D eigenvalue weighted by Gasteiger charge is 2.37. The minimum absolute atomic E-state index is 0.0210. The van der Waals surface area contributed by atoms with E-state index in [1.165, 1.54) is 24.3 Å². The van der Waals surface area contributed by atoms with Gasteiger partial charge >= 0.3 is 5.97 Å². The highest BCUT2D eigenvalue weighted by atomic mass is 35.5.